The highest BCUT2D eigenvalue weighted by molar-refractivity contribution is 5.99. The molecule has 4 nitrogen and oxygen atoms in total. The molecule has 0 radical (unpaired) electrons. The summed E-state index contributed by atoms with van der Waals surface area (Å²) in [6.45, 7) is 2.00. The lowest BCUT2D eigenvalue weighted by Gasteiger charge is -2.17. The summed E-state index contributed by atoms with van der Waals surface area (Å²) in [7, 11) is 1.29. The number of benzene rings is 1. The second-order valence-corrected chi connectivity index (χ2v) is 4.42. The van der Waals surface area contributed by atoms with E-state index < -0.39 is 11.9 Å². The van der Waals surface area contributed by atoms with Crippen LogP contribution in [0, 0.1) is 18.7 Å². The lowest BCUT2D eigenvalue weighted by Crippen LogP contribution is -2.26. The van der Waals surface area contributed by atoms with Crippen LogP contribution in [0.2, 0.25) is 0 Å². The van der Waals surface area contributed by atoms with Gasteiger partial charge in [-0.15, -0.1) is 0 Å². The third kappa shape index (κ3) is 2.34. The maximum atomic E-state index is 13.3. The molecule has 5 heteroatoms. The third-order valence-electron chi connectivity index (χ3n) is 3.00. The predicted molar refractivity (Wildman–Crippen MR) is 63.6 cm³/mol. The molecule has 1 unspecified atom stereocenters. The molecule has 1 aliphatic heterocycles. The first kappa shape index (κ1) is 12.5. The summed E-state index contributed by atoms with van der Waals surface area (Å²) in [6.07, 6.45) is 0.113. The van der Waals surface area contributed by atoms with Crippen molar-refractivity contribution in [2.75, 3.05) is 18.6 Å². The topological polar surface area (TPSA) is 46.6 Å². The third-order valence-corrected chi connectivity index (χ3v) is 3.00. The molecule has 0 N–H and O–H groups in total. The smallest absolute Gasteiger partial charge is 0.311 e. The van der Waals surface area contributed by atoms with Crippen molar-refractivity contribution >= 4 is 17.6 Å². The molecule has 0 bridgehead atoms. The molecule has 0 aliphatic carbocycles. The standard InChI is InChI=1S/C13H14FNO3/c1-8-3-10(14)6-11(4-8)15-7-9(5-12(15)16)13(17)18-2/h3-4,6,9H,5,7H2,1-2H3. The van der Waals surface area contributed by atoms with Crippen molar-refractivity contribution in [1.29, 1.82) is 0 Å². The van der Waals surface area contributed by atoms with E-state index in [9.17, 15) is 14.0 Å². The fourth-order valence-corrected chi connectivity index (χ4v) is 2.15. The van der Waals surface area contributed by atoms with Crippen molar-refractivity contribution in [2.45, 2.75) is 13.3 Å². The van der Waals surface area contributed by atoms with Gasteiger partial charge in [0.05, 0.1) is 13.0 Å². The van der Waals surface area contributed by atoms with Crippen molar-refractivity contribution in [1.82, 2.24) is 0 Å². The van der Waals surface area contributed by atoms with E-state index in [2.05, 4.69) is 4.74 Å². The number of ether oxygens (including phenoxy) is 1. The van der Waals surface area contributed by atoms with Gasteiger partial charge in [0, 0.05) is 18.7 Å². The summed E-state index contributed by atoms with van der Waals surface area (Å²) in [6, 6.07) is 4.41. The van der Waals surface area contributed by atoms with Crippen LogP contribution in [-0.4, -0.2) is 25.5 Å². The van der Waals surface area contributed by atoms with Crippen LogP contribution < -0.4 is 4.90 Å². The van der Waals surface area contributed by atoms with Crippen molar-refractivity contribution in [2.24, 2.45) is 5.92 Å². The molecule has 1 fully saturated rings. The van der Waals surface area contributed by atoms with Crippen LogP contribution >= 0.6 is 0 Å². The summed E-state index contributed by atoms with van der Waals surface area (Å²) in [5.41, 5.74) is 1.23. The Morgan fingerprint density at radius 1 is 1.44 bits per heavy atom. The zero-order valence-corrected chi connectivity index (χ0v) is 10.3. The van der Waals surface area contributed by atoms with E-state index in [4.69, 9.17) is 0 Å². The molecule has 1 amide bonds. The van der Waals surface area contributed by atoms with Gasteiger partial charge in [-0.2, -0.15) is 0 Å². The molecule has 2 rings (SSSR count). The minimum Gasteiger partial charge on any atom is -0.469 e. The Kier molecular flexibility index (Phi) is 3.32. The van der Waals surface area contributed by atoms with Gasteiger partial charge >= 0.3 is 5.97 Å². The molecule has 96 valence electrons. The number of aryl methyl sites for hydroxylation is 1. The Morgan fingerprint density at radius 3 is 2.78 bits per heavy atom. The van der Waals surface area contributed by atoms with Crippen molar-refractivity contribution < 1.29 is 18.7 Å². The number of hydrogen-bond donors (Lipinski definition) is 0. The quantitative estimate of drug-likeness (QED) is 0.751. The van der Waals surface area contributed by atoms with Gasteiger partial charge in [-0.25, -0.2) is 4.39 Å². The van der Waals surface area contributed by atoms with Crippen LogP contribution in [0.3, 0.4) is 0 Å². The predicted octanol–water partition coefficient (Wildman–Crippen LogP) is 1.66. The summed E-state index contributed by atoms with van der Waals surface area (Å²) < 4.78 is 17.9. The molecule has 1 aromatic carbocycles. The molecule has 1 aliphatic rings. The molecule has 18 heavy (non-hydrogen) atoms. The summed E-state index contributed by atoms with van der Waals surface area (Å²) in [4.78, 5) is 24.6. The van der Waals surface area contributed by atoms with Gasteiger partial charge in [-0.3, -0.25) is 9.59 Å². The van der Waals surface area contributed by atoms with Crippen LogP contribution in [-0.2, 0) is 14.3 Å². The van der Waals surface area contributed by atoms with Gasteiger partial charge in [-0.1, -0.05) is 0 Å². The lowest BCUT2D eigenvalue weighted by molar-refractivity contribution is -0.145. The Hall–Kier alpha value is -1.91. The summed E-state index contributed by atoms with van der Waals surface area (Å²) >= 11 is 0. The van der Waals surface area contributed by atoms with E-state index in [0.717, 1.165) is 5.56 Å². The average Bonchev–Trinajstić information content (AvgIpc) is 2.69. The van der Waals surface area contributed by atoms with E-state index in [1.807, 2.05) is 0 Å². The van der Waals surface area contributed by atoms with E-state index in [1.54, 1.807) is 13.0 Å². The fourth-order valence-electron chi connectivity index (χ4n) is 2.15. The van der Waals surface area contributed by atoms with E-state index in [1.165, 1.54) is 24.1 Å². The number of halogens is 1. The number of anilines is 1. The van der Waals surface area contributed by atoms with Crippen LogP contribution in [0.4, 0.5) is 10.1 Å². The molecule has 0 saturated carbocycles. The van der Waals surface area contributed by atoms with Gasteiger partial charge in [-0.05, 0) is 30.7 Å². The minimum absolute atomic E-state index is 0.113. The minimum atomic E-state index is -0.467. The van der Waals surface area contributed by atoms with Gasteiger partial charge in [0.1, 0.15) is 5.82 Å². The molecule has 1 heterocycles. The van der Waals surface area contributed by atoms with Gasteiger partial charge in [0.15, 0.2) is 0 Å². The number of amides is 1. The monoisotopic (exact) mass is 251 g/mol. The lowest BCUT2D eigenvalue weighted by atomic mass is 10.1. The van der Waals surface area contributed by atoms with E-state index in [-0.39, 0.29) is 24.7 Å². The van der Waals surface area contributed by atoms with Crippen molar-refractivity contribution in [3.63, 3.8) is 0 Å². The Balaban J connectivity index is 2.24. The Bertz CT molecular complexity index is 481. The number of carbonyl (C=O) groups is 2. The molecule has 1 atom stereocenters. The van der Waals surface area contributed by atoms with Gasteiger partial charge in [0.2, 0.25) is 5.91 Å². The van der Waals surface area contributed by atoms with E-state index >= 15 is 0 Å². The van der Waals surface area contributed by atoms with Gasteiger partial charge < -0.3 is 9.64 Å². The first-order valence-corrected chi connectivity index (χ1v) is 5.66. The van der Waals surface area contributed by atoms with Crippen molar-refractivity contribution in [3.8, 4) is 0 Å². The summed E-state index contributed by atoms with van der Waals surface area (Å²) in [5, 5.41) is 0. The maximum Gasteiger partial charge on any atom is 0.311 e. The first-order valence-electron chi connectivity index (χ1n) is 5.66. The van der Waals surface area contributed by atoms with Crippen LogP contribution in [0.15, 0.2) is 18.2 Å². The van der Waals surface area contributed by atoms with E-state index in [0.29, 0.717) is 5.69 Å². The number of rotatable bonds is 2. The fraction of sp³-hybridized carbons (Fsp3) is 0.385. The number of nitrogens with zero attached hydrogens (tertiary/aromatic N) is 1. The average molecular weight is 251 g/mol. The molecule has 0 aromatic heterocycles. The Morgan fingerprint density at radius 2 is 2.17 bits per heavy atom. The summed E-state index contributed by atoms with van der Waals surface area (Å²) in [5.74, 6) is -1.44. The molecule has 0 spiro atoms. The molecular formula is C13H14FNO3. The molecular weight excluding hydrogens is 237 g/mol. The number of esters is 1. The number of hydrogen-bond acceptors (Lipinski definition) is 3. The highest BCUT2D eigenvalue weighted by Gasteiger charge is 2.35. The normalized spacial score (nSPS) is 19.2. The highest BCUT2D eigenvalue weighted by Crippen LogP contribution is 2.27. The molecule has 1 aromatic rings. The molecule has 1 saturated heterocycles. The highest BCUT2D eigenvalue weighted by atomic mass is 19.1. The van der Waals surface area contributed by atoms with Crippen molar-refractivity contribution in [3.05, 3.63) is 29.6 Å². The van der Waals surface area contributed by atoms with Crippen LogP contribution in [0.1, 0.15) is 12.0 Å². The zero-order chi connectivity index (χ0) is 13.3. The van der Waals surface area contributed by atoms with Gasteiger partial charge in [0.25, 0.3) is 0 Å². The zero-order valence-electron chi connectivity index (χ0n) is 10.3. The SMILES string of the molecule is COC(=O)C1CC(=O)N(c2cc(C)cc(F)c2)C1. The largest absolute Gasteiger partial charge is 0.469 e. The number of methoxy groups -OCH3 is 1. The second-order valence-electron chi connectivity index (χ2n) is 4.42. The van der Waals surface area contributed by atoms with Crippen LogP contribution in [0.25, 0.3) is 0 Å². The second kappa shape index (κ2) is 4.76. The van der Waals surface area contributed by atoms with Crippen LogP contribution in [0.5, 0.6) is 0 Å². The maximum absolute atomic E-state index is 13.3. The Labute approximate surface area is 104 Å². The first-order chi connectivity index (χ1) is 8.51. The number of carbonyl (C=O) groups excluding carboxylic acids is 2.